The van der Waals surface area contributed by atoms with Gasteiger partial charge in [-0.25, -0.2) is 9.78 Å². The van der Waals surface area contributed by atoms with Crippen molar-refractivity contribution in [3.8, 4) is 11.3 Å². The molecule has 30 heavy (non-hydrogen) atoms. The normalized spacial score (nSPS) is 12.9. The lowest BCUT2D eigenvalue weighted by molar-refractivity contribution is -0.0583. The summed E-state index contributed by atoms with van der Waals surface area (Å²) >= 11 is 0. The minimum atomic E-state index is -0.821. The number of aromatic nitrogens is 2. The molecule has 0 spiro atoms. The van der Waals surface area contributed by atoms with E-state index in [1.165, 1.54) is 12.1 Å². The molecule has 2 amide bonds. The summed E-state index contributed by atoms with van der Waals surface area (Å²) in [6.07, 6.45) is 3.26. The smallest absolute Gasteiger partial charge is 0.324 e. The molecule has 144 valence electrons. The number of amides is 2. The summed E-state index contributed by atoms with van der Waals surface area (Å²) in [7, 11) is 0. The van der Waals surface area contributed by atoms with Crippen LogP contribution in [0.3, 0.4) is 0 Å². The maximum absolute atomic E-state index is 13.0. The van der Waals surface area contributed by atoms with E-state index < -0.39 is 17.8 Å². The van der Waals surface area contributed by atoms with E-state index in [4.69, 9.17) is 4.84 Å². The van der Waals surface area contributed by atoms with E-state index in [2.05, 4.69) is 9.97 Å². The molecule has 0 fully saturated rings. The molecule has 0 saturated carbocycles. The van der Waals surface area contributed by atoms with Crippen molar-refractivity contribution in [2.45, 2.75) is 0 Å². The second-order valence-corrected chi connectivity index (χ2v) is 6.64. The molecule has 2 aromatic heterocycles. The first-order valence-electron chi connectivity index (χ1n) is 9.14. The maximum atomic E-state index is 13.0. The predicted molar refractivity (Wildman–Crippen MR) is 107 cm³/mol. The van der Waals surface area contributed by atoms with Gasteiger partial charge < -0.3 is 4.84 Å². The van der Waals surface area contributed by atoms with Crippen LogP contribution in [0.25, 0.3) is 22.2 Å². The highest BCUT2D eigenvalue weighted by Gasteiger charge is 2.39. The Morgan fingerprint density at radius 1 is 0.833 bits per heavy atom. The van der Waals surface area contributed by atoms with Crippen LogP contribution in [0.1, 0.15) is 31.1 Å². The number of benzene rings is 2. The summed E-state index contributed by atoms with van der Waals surface area (Å²) in [5, 5.41) is 1.06. The number of para-hydroxylation sites is 1. The fourth-order valence-corrected chi connectivity index (χ4v) is 3.40. The summed E-state index contributed by atoms with van der Waals surface area (Å²) in [5.74, 6) is -2.16. The van der Waals surface area contributed by atoms with Crippen molar-refractivity contribution in [3.63, 3.8) is 0 Å². The van der Waals surface area contributed by atoms with Gasteiger partial charge in [0.15, 0.2) is 0 Å². The van der Waals surface area contributed by atoms with Gasteiger partial charge in [-0.1, -0.05) is 35.4 Å². The summed E-state index contributed by atoms with van der Waals surface area (Å²) in [5.41, 5.74) is 2.50. The average molecular weight is 395 g/mol. The van der Waals surface area contributed by atoms with Gasteiger partial charge in [-0.2, -0.15) is 0 Å². The van der Waals surface area contributed by atoms with Crippen LogP contribution in [0.4, 0.5) is 0 Å². The maximum Gasteiger partial charge on any atom is 0.364 e. The number of imide groups is 1. The molecular formula is C23H13N3O4. The van der Waals surface area contributed by atoms with Crippen molar-refractivity contribution in [2.24, 2.45) is 0 Å². The summed E-state index contributed by atoms with van der Waals surface area (Å²) in [6.45, 7) is 0. The van der Waals surface area contributed by atoms with Gasteiger partial charge in [0.25, 0.3) is 11.8 Å². The van der Waals surface area contributed by atoms with Gasteiger partial charge in [0.05, 0.1) is 27.9 Å². The van der Waals surface area contributed by atoms with Crippen molar-refractivity contribution >= 4 is 28.7 Å². The highest BCUT2D eigenvalue weighted by molar-refractivity contribution is 6.21. The number of fused-ring (bicyclic) bond motifs is 2. The fraction of sp³-hybridized carbons (Fsp3) is 0. The number of carbonyl (C=O) groups is 3. The van der Waals surface area contributed by atoms with Gasteiger partial charge in [-0.15, -0.1) is 0 Å². The van der Waals surface area contributed by atoms with Gasteiger partial charge >= 0.3 is 5.97 Å². The van der Waals surface area contributed by atoms with E-state index >= 15 is 0 Å². The second kappa shape index (κ2) is 6.89. The molecular weight excluding hydrogens is 382 g/mol. The van der Waals surface area contributed by atoms with Gasteiger partial charge in [0.2, 0.25) is 0 Å². The molecule has 0 atom stereocenters. The Hall–Kier alpha value is -4.39. The minimum Gasteiger partial charge on any atom is -0.324 e. The zero-order chi connectivity index (χ0) is 20.7. The van der Waals surface area contributed by atoms with Gasteiger partial charge in [-0.3, -0.25) is 14.6 Å². The Balaban J connectivity index is 1.56. The highest BCUT2D eigenvalue weighted by atomic mass is 16.7. The third-order valence-electron chi connectivity index (χ3n) is 4.84. The molecule has 0 N–H and O–H groups in total. The quantitative estimate of drug-likeness (QED) is 0.492. The third kappa shape index (κ3) is 2.80. The van der Waals surface area contributed by atoms with Crippen LogP contribution in [0, 0.1) is 0 Å². The van der Waals surface area contributed by atoms with Crippen molar-refractivity contribution in [3.05, 3.63) is 95.8 Å². The van der Waals surface area contributed by atoms with E-state index in [1.54, 1.807) is 60.9 Å². The second-order valence-electron chi connectivity index (χ2n) is 6.64. The zero-order valence-electron chi connectivity index (χ0n) is 15.5. The molecule has 0 unspecified atom stereocenters. The number of carbonyl (C=O) groups excluding carboxylic acids is 3. The van der Waals surface area contributed by atoms with Crippen LogP contribution in [0.5, 0.6) is 0 Å². The summed E-state index contributed by atoms with van der Waals surface area (Å²) < 4.78 is 0. The number of hydroxylamine groups is 2. The molecule has 2 aromatic carbocycles. The SMILES string of the molecule is O=C(ON1C(=O)c2ccccc2C1=O)c1cc(-c2ccncc2)nc2ccccc12. The number of hydrogen-bond donors (Lipinski definition) is 0. The average Bonchev–Trinajstić information content (AvgIpc) is 3.04. The van der Waals surface area contributed by atoms with Crippen LogP contribution in [-0.4, -0.2) is 32.8 Å². The predicted octanol–water partition coefficient (Wildman–Crippen LogP) is 3.66. The van der Waals surface area contributed by atoms with Crippen molar-refractivity contribution in [1.29, 1.82) is 0 Å². The highest BCUT2D eigenvalue weighted by Crippen LogP contribution is 2.27. The molecule has 7 heteroatoms. The number of rotatable bonds is 3. The van der Waals surface area contributed by atoms with Crippen molar-refractivity contribution in [1.82, 2.24) is 15.0 Å². The van der Waals surface area contributed by atoms with E-state index in [1.807, 2.05) is 6.07 Å². The monoisotopic (exact) mass is 395 g/mol. The van der Waals surface area contributed by atoms with Crippen LogP contribution in [0.15, 0.2) is 79.1 Å². The molecule has 0 radical (unpaired) electrons. The number of hydrogen-bond acceptors (Lipinski definition) is 6. The van der Waals surface area contributed by atoms with Gasteiger partial charge in [0.1, 0.15) is 0 Å². The van der Waals surface area contributed by atoms with Crippen LogP contribution in [-0.2, 0) is 4.84 Å². The molecule has 5 rings (SSSR count). The third-order valence-corrected chi connectivity index (χ3v) is 4.84. The Kier molecular flexibility index (Phi) is 4.07. The van der Waals surface area contributed by atoms with Crippen molar-refractivity contribution in [2.75, 3.05) is 0 Å². The van der Waals surface area contributed by atoms with E-state index in [-0.39, 0.29) is 16.7 Å². The number of nitrogens with zero attached hydrogens (tertiary/aromatic N) is 3. The Labute approximate surface area is 170 Å². The molecule has 1 aliphatic rings. The molecule has 0 aliphatic carbocycles. The van der Waals surface area contributed by atoms with E-state index in [0.29, 0.717) is 21.7 Å². The van der Waals surface area contributed by atoms with Gasteiger partial charge in [0, 0.05) is 23.3 Å². The molecule has 4 aromatic rings. The lowest BCUT2D eigenvalue weighted by atomic mass is 10.0. The summed E-state index contributed by atoms with van der Waals surface area (Å²) in [4.78, 5) is 52.0. The van der Waals surface area contributed by atoms with Gasteiger partial charge in [-0.05, 0) is 36.4 Å². The number of pyridine rings is 2. The lowest BCUT2D eigenvalue weighted by Crippen LogP contribution is -2.32. The Bertz CT molecular complexity index is 1300. The minimum absolute atomic E-state index is 0.198. The molecule has 3 heterocycles. The first-order valence-corrected chi connectivity index (χ1v) is 9.14. The molecule has 1 aliphatic heterocycles. The van der Waals surface area contributed by atoms with E-state index in [0.717, 1.165) is 5.56 Å². The van der Waals surface area contributed by atoms with Crippen LogP contribution < -0.4 is 0 Å². The largest absolute Gasteiger partial charge is 0.364 e. The lowest BCUT2D eigenvalue weighted by Gasteiger charge is -2.14. The van der Waals surface area contributed by atoms with Crippen LogP contribution >= 0.6 is 0 Å². The standard InChI is InChI=1S/C23H13N3O4/c27-21-16-6-1-2-7-17(16)22(28)26(21)30-23(29)18-13-20(14-9-11-24-12-10-14)25-19-8-4-3-5-15(18)19/h1-13H. The first-order chi connectivity index (χ1) is 14.6. The Morgan fingerprint density at radius 3 is 2.17 bits per heavy atom. The topological polar surface area (TPSA) is 89.5 Å². The first kappa shape index (κ1) is 17.7. The zero-order valence-corrected chi connectivity index (χ0v) is 15.5. The van der Waals surface area contributed by atoms with Crippen molar-refractivity contribution < 1.29 is 19.2 Å². The molecule has 7 nitrogen and oxygen atoms in total. The molecule has 0 saturated heterocycles. The van der Waals surface area contributed by atoms with Crippen LogP contribution in [0.2, 0.25) is 0 Å². The molecule has 0 bridgehead atoms. The Morgan fingerprint density at radius 2 is 1.47 bits per heavy atom. The van der Waals surface area contributed by atoms with E-state index in [9.17, 15) is 14.4 Å². The summed E-state index contributed by atoms with van der Waals surface area (Å²) in [6, 6.07) is 18.6. The fourth-order valence-electron chi connectivity index (χ4n) is 3.40.